The molecule has 3 rings (SSSR count). The van der Waals surface area contributed by atoms with Gasteiger partial charge in [-0.25, -0.2) is 0 Å². The molecule has 2 aliphatic rings. The Morgan fingerprint density at radius 2 is 2.30 bits per heavy atom. The van der Waals surface area contributed by atoms with Gasteiger partial charge >= 0.3 is 0 Å². The van der Waals surface area contributed by atoms with Gasteiger partial charge in [0, 0.05) is 47.6 Å². The fourth-order valence-corrected chi connectivity index (χ4v) is 4.67. The highest BCUT2D eigenvalue weighted by atomic mass is 32.1. The Morgan fingerprint density at radius 1 is 1.52 bits per heavy atom. The molecule has 7 heteroatoms. The maximum atomic E-state index is 12.6. The number of nitro groups is 1. The molecule has 0 bridgehead atoms. The van der Waals surface area contributed by atoms with E-state index >= 15 is 0 Å². The number of rotatable bonds is 4. The van der Waals surface area contributed by atoms with Crippen molar-refractivity contribution in [2.24, 2.45) is 17.8 Å². The summed E-state index contributed by atoms with van der Waals surface area (Å²) in [4.78, 5) is 38.3. The van der Waals surface area contributed by atoms with E-state index in [0.717, 1.165) is 6.42 Å². The SMILES string of the molecule is C[C@@H]1CC(=O)[C@@H](CC(=O)N2CCc3sccc3C2)[C@@H]1C[N+](=O)[O-]. The van der Waals surface area contributed by atoms with Gasteiger partial charge in [-0.15, -0.1) is 11.3 Å². The molecule has 2 heterocycles. The first-order valence-electron chi connectivity index (χ1n) is 7.93. The van der Waals surface area contributed by atoms with Crippen LogP contribution in [0.25, 0.3) is 0 Å². The van der Waals surface area contributed by atoms with Crippen molar-refractivity contribution in [1.82, 2.24) is 4.90 Å². The van der Waals surface area contributed by atoms with E-state index in [1.807, 2.05) is 18.4 Å². The third-order valence-electron chi connectivity index (χ3n) is 5.10. The summed E-state index contributed by atoms with van der Waals surface area (Å²) in [7, 11) is 0. The summed E-state index contributed by atoms with van der Waals surface area (Å²) < 4.78 is 0. The van der Waals surface area contributed by atoms with Gasteiger partial charge < -0.3 is 4.90 Å². The van der Waals surface area contributed by atoms with E-state index < -0.39 is 5.92 Å². The van der Waals surface area contributed by atoms with Crippen LogP contribution in [0.3, 0.4) is 0 Å². The van der Waals surface area contributed by atoms with Gasteiger partial charge in [-0.05, 0) is 29.3 Å². The lowest BCUT2D eigenvalue weighted by molar-refractivity contribution is -0.490. The molecule has 0 unspecified atom stereocenters. The summed E-state index contributed by atoms with van der Waals surface area (Å²) in [6, 6.07) is 2.04. The Balaban J connectivity index is 1.67. The highest BCUT2D eigenvalue weighted by Crippen LogP contribution is 2.37. The van der Waals surface area contributed by atoms with E-state index in [4.69, 9.17) is 0 Å². The largest absolute Gasteiger partial charge is 0.338 e. The van der Waals surface area contributed by atoms with Gasteiger partial charge in [0.2, 0.25) is 12.5 Å². The minimum absolute atomic E-state index is 0.00549. The lowest BCUT2D eigenvalue weighted by Gasteiger charge is -2.28. The number of fused-ring (bicyclic) bond motifs is 1. The van der Waals surface area contributed by atoms with Gasteiger partial charge in [0.25, 0.3) is 0 Å². The Bertz CT molecular complexity index is 642. The Hall–Kier alpha value is -1.76. The van der Waals surface area contributed by atoms with E-state index in [1.54, 1.807) is 16.2 Å². The first kappa shape index (κ1) is 16.1. The molecule has 1 fully saturated rings. The van der Waals surface area contributed by atoms with Crippen LogP contribution in [0.5, 0.6) is 0 Å². The van der Waals surface area contributed by atoms with Crippen LogP contribution >= 0.6 is 11.3 Å². The molecule has 0 saturated heterocycles. The summed E-state index contributed by atoms with van der Waals surface area (Å²) in [6.45, 7) is 2.91. The number of ketones is 1. The topological polar surface area (TPSA) is 80.5 Å². The third kappa shape index (κ3) is 3.29. The summed E-state index contributed by atoms with van der Waals surface area (Å²) >= 11 is 1.71. The molecule has 6 nitrogen and oxygen atoms in total. The molecule has 0 spiro atoms. The minimum atomic E-state index is -0.494. The number of thiophene rings is 1. The lowest BCUT2D eigenvalue weighted by Crippen LogP contribution is -2.38. The van der Waals surface area contributed by atoms with Crippen molar-refractivity contribution in [3.63, 3.8) is 0 Å². The van der Waals surface area contributed by atoms with Crippen LogP contribution < -0.4 is 0 Å². The standard InChI is InChI=1S/C16H20N2O4S/c1-10-6-14(19)12(13(10)9-18(21)22)7-16(20)17-4-2-15-11(8-17)3-5-23-15/h3,5,10,12-13H,2,4,6-9H2,1H3/t10-,12+,13-/m1/s1. The van der Waals surface area contributed by atoms with Crippen LogP contribution in [0.15, 0.2) is 11.4 Å². The molecule has 1 saturated carbocycles. The molecule has 23 heavy (non-hydrogen) atoms. The van der Waals surface area contributed by atoms with Crippen molar-refractivity contribution in [1.29, 1.82) is 0 Å². The van der Waals surface area contributed by atoms with Crippen LogP contribution in [-0.4, -0.2) is 34.6 Å². The highest BCUT2D eigenvalue weighted by Gasteiger charge is 2.44. The Morgan fingerprint density at radius 3 is 3.04 bits per heavy atom. The number of carbonyl (C=O) groups excluding carboxylic acids is 2. The van der Waals surface area contributed by atoms with Crippen LogP contribution in [0.2, 0.25) is 0 Å². The zero-order valence-electron chi connectivity index (χ0n) is 13.1. The highest BCUT2D eigenvalue weighted by molar-refractivity contribution is 7.10. The van der Waals surface area contributed by atoms with E-state index in [1.165, 1.54) is 10.4 Å². The first-order chi connectivity index (χ1) is 11.0. The van der Waals surface area contributed by atoms with Crippen molar-refractivity contribution in [2.75, 3.05) is 13.1 Å². The van der Waals surface area contributed by atoms with Gasteiger partial charge in [0.05, 0.1) is 0 Å². The van der Waals surface area contributed by atoms with Crippen LogP contribution in [0.1, 0.15) is 30.2 Å². The first-order valence-corrected chi connectivity index (χ1v) is 8.81. The predicted molar refractivity (Wildman–Crippen MR) is 85.7 cm³/mol. The zero-order valence-corrected chi connectivity index (χ0v) is 13.9. The summed E-state index contributed by atoms with van der Waals surface area (Å²) in [6.07, 6.45) is 1.32. The van der Waals surface area contributed by atoms with Gasteiger partial charge in [0.1, 0.15) is 5.78 Å². The maximum Gasteiger partial charge on any atom is 0.223 e. The van der Waals surface area contributed by atoms with Gasteiger partial charge in [-0.3, -0.25) is 19.7 Å². The molecule has 124 valence electrons. The molecule has 1 aliphatic carbocycles. The molecule has 0 N–H and O–H groups in total. The third-order valence-corrected chi connectivity index (χ3v) is 6.12. The zero-order chi connectivity index (χ0) is 16.6. The average molecular weight is 336 g/mol. The fourth-order valence-electron chi connectivity index (χ4n) is 3.78. The number of nitrogens with zero attached hydrogens (tertiary/aromatic N) is 2. The average Bonchev–Trinajstić information content (AvgIpc) is 3.05. The molecule has 0 aromatic carbocycles. The molecular weight excluding hydrogens is 316 g/mol. The van der Waals surface area contributed by atoms with Crippen molar-refractivity contribution >= 4 is 23.0 Å². The monoisotopic (exact) mass is 336 g/mol. The van der Waals surface area contributed by atoms with Gasteiger partial charge in [0.15, 0.2) is 0 Å². The minimum Gasteiger partial charge on any atom is -0.338 e. The Kier molecular flexibility index (Phi) is 4.48. The van der Waals surface area contributed by atoms with Crippen molar-refractivity contribution in [3.8, 4) is 0 Å². The predicted octanol–water partition coefficient (Wildman–Crippen LogP) is 2.14. The van der Waals surface area contributed by atoms with Crippen molar-refractivity contribution in [2.45, 2.75) is 32.7 Å². The lowest BCUT2D eigenvalue weighted by atomic mass is 9.87. The number of Topliss-reactive ketones (excluding diaryl/α,β-unsaturated/α-hetero) is 1. The number of carbonyl (C=O) groups is 2. The number of amides is 1. The molecule has 3 atom stereocenters. The molecule has 0 radical (unpaired) electrons. The van der Waals surface area contributed by atoms with E-state index in [-0.39, 0.29) is 41.4 Å². The van der Waals surface area contributed by atoms with E-state index in [9.17, 15) is 19.7 Å². The second-order valence-corrected chi connectivity index (χ2v) is 7.57. The Labute approximate surface area is 138 Å². The molecule has 1 aliphatic heterocycles. The smallest absolute Gasteiger partial charge is 0.223 e. The van der Waals surface area contributed by atoms with Crippen LogP contribution in [0.4, 0.5) is 0 Å². The fraction of sp³-hybridized carbons (Fsp3) is 0.625. The van der Waals surface area contributed by atoms with Crippen LogP contribution in [-0.2, 0) is 22.6 Å². The second-order valence-electron chi connectivity index (χ2n) is 6.57. The van der Waals surface area contributed by atoms with Crippen LogP contribution in [0, 0.1) is 27.9 Å². The molecule has 1 aromatic heterocycles. The van der Waals surface area contributed by atoms with E-state index in [0.29, 0.717) is 19.5 Å². The normalized spacial score (nSPS) is 27.1. The summed E-state index contributed by atoms with van der Waals surface area (Å²) in [5.41, 5.74) is 1.18. The number of hydrogen-bond donors (Lipinski definition) is 0. The number of hydrogen-bond acceptors (Lipinski definition) is 5. The van der Waals surface area contributed by atoms with Gasteiger partial charge in [-0.2, -0.15) is 0 Å². The van der Waals surface area contributed by atoms with Gasteiger partial charge in [-0.1, -0.05) is 6.92 Å². The maximum absolute atomic E-state index is 12.6. The summed E-state index contributed by atoms with van der Waals surface area (Å²) in [5.74, 6) is -0.876. The van der Waals surface area contributed by atoms with E-state index in [2.05, 4.69) is 0 Å². The molecule has 1 aromatic rings. The van der Waals surface area contributed by atoms with Crippen molar-refractivity contribution < 1.29 is 14.5 Å². The van der Waals surface area contributed by atoms with Crippen molar-refractivity contribution in [3.05, 3.63) is 32.0 Å². The molecule has 1 amide bonds. The quantitative estimate of drug-likeness (QED) is 0.623. The summed E-state index contributed by atoms with van der Waals surface area (Å²) in [5, 5.41) is 12.9. The second kappa shape index (κ2) is 6.39. The molecular formula is C16H20N2O4S.